The van der Waals surface area contributed by atoms with Crippen LogP contribution in [0.1, 0.15) is 55.5 Å². The summed E-state index contributed by atoms with van der Waals surface area (Å²) in [6.45, 7) is 3.86. The van der Waals surface area contributed by atoms with E-state index in [1.165, 1.54) is 31.2 Å². The average Bonchev–Trinajstić information content (AvgIpc) is 2.25. The van der Waals surface area contributed by atoms with Crippen molar-refractivity contribution < 1.29 is 4.79 Å². The van der Waals surface area contributed by atoms with Gasteiger partial charge in [0.2, 0.25) is 0 Å². The monoisotopic (exact) mass is 204 g/mol. The Labute approximate surface area is 92.5 Å². The molecule has 1 heteroatoms. The summed E-state index contributed by atoms with van der Waals surface area (Å²) < 4.78 is 0. The molecule has 15 heavy (non-hydrogen) atoms. The maximum atomic E-state index is 11.4. The molecule has 0 heterocycles. The Morgan fingerprint density at radius 1 is 1.13 bits per heavy atom. The fourth-order valence-corrected chi connectivity index (χ4v) is 1.82. The number of ketones is 1. The van der Waals surface area contributed by atoms with Crippen molar-refractivity contribution in [2.45, 2.75) is 46.0 Å². The maximum absolute atomic E-state index is 11.4. The molecule has 0 saturated carbocycles. The zero-order valence-electron chi connectivity index (χ0n) is 9.75. The van der Waals surface area contributed by atoms with Crippen molar-refractivity contribution in [2.24, 2.45) is 0 Å². The highest BCUT2D eigenvalue weighted by Crippen LogP contribution is 2.13. The molecule has 1 aromatic rings. The first kappa shape index (κ1) is 12.0. The van der Waals surface area contributed by atoms with Gasteiger partial charge in [-0.15, -0.1) is 0 Å². The van der Waals surface area contributed by atoms with Crippen LogP contribution in [0.4, 0.5) is 0 Å². The molecule has 0 N–H and O–H groups in total. The Bertz CT molecular complexity index is 315. The van der Waals surface area contributed by atoms with Crippen LogP contribution >= 0.6 is 0 Å². The summed E-state index contributed by atoms with van der Waals surface area (Å²) in [6.07, 6.45) is 6.05. The minimum absolute atomic E-state index is 0.182. The van der Waals surface area contributed by atoms with Gasteiger partial charge in [0.1, 0.15) is 0 Å². The van der Waals surface area contributed by atoms with Crippen LogP contribution in [-0.2, 0) is 6.42 Å². The fraction of sp³-hybridized carbons (Fsp3) is 0.500. The van der Waals surface area contributed by atoms with Crippen LogP contribution in [0.15, 0.2) is 24.3 Å². The molecule has 0 aliphatic rings. The third-order valence-corrected chi connectivity index (χ3v) is 2.70. The fourth-order valence-electron chi connectivity index (χ4n) is 1.82. The molecule has 0 spiro atoms. The highest BCUT2D eigenvalue weighted by Gasteiger charge is 2.04. The van der Waals surface area contributed by atoms with Gasteiger partial charge in [0.25, 0.3) is 0 Å². The molecule has 0 aliphatic heterocycles. The summed E-state index contributed by atoms with van der Waals surface area (Å²) in [6, 6.07) is 7.95. The molecule has 0 amide bonds. The van der Waals surface area contributed by atoms with E-state index in [0.717, 1.165) is 12.0 Å². The number of aryl methyl sites for hydroxylation is 1. The van der Waals surface area contributed by atoms with E-state index in [2.05, 4.69) is 13.0 Å². The second-order valence-corrected chi connectivity index (χ2v) is 4.02. The van der Waals surface area contributed by atoms with Crippen molar-refractivity contribution in [1.82, 2.24) is 0 Å². The second kappa shape index (κ2) is 6.39. The van der Waals surface area contributed by atoms with Gasteiger partial charge in [0.05, 0.1) is 0 Å². The van der Waals surface area contributed by atoms with Gasteiger partial charge in [-0.25, -0.2) is 0 Å². The first-order valence-corrected chi connectivity index (χ1v) is 5.84. The number of hydrogen-bond donors (Lipinski definition) is 0. The number of carbonyl (C=O) groups excluding carboxylic acids is 1. The zero-order chi connectivity index (χ0) is 11.1. The number of rotatable bonds is 6. The van der Waals surface area contributed by atoms with Gasteiger partial charge in [0.15, 0.2) is 5.78 Å². The number of hydrogen-bond acceptors (Lipinski definition) is 1. The van der Waals surface area contributed by atoms with Crippen LogP contribution in [-0.4, -0.2) is 5.78 Å². The lowest BCUT2D eigenvalue weighted by molar-refractivity contribution is 0.101. The summed E-state index contributed by atoms with van der Waals surface area (Å²) in [7, 11) is 0. The van der Waals surface area contributed by atoms with Crippen molar-refractivity contribution >= 4 is 5.78 Å². The maximum Gasteiger partial charge on any atom is 0.160 e. The van der Waals surface area contributed by atoms with Crippen LogP contribution in [0.25, 0.3) is 0 Å². The smallest absolute Gasteiger partial charge is 0.160 e. The summed E-state index contributed by atoms with van der Waals surface area (Å²) in [5.41, 5.74) is 2.11. The van der Waals surface area contributed by atoms with E-state index < -0.39 is 0 Å². The molecule has 0 radical (unpaired) electrons. The van der Waals surface area contributed by atoms with Crippen molar-refractivity contribution in [3.63, 3.8) is 0 Å². The minimum atomic E-state index is 0.182. The predicted molar refractivity (Wildman–Crippen MR) is 64.3 cm³/mol. The molecular formula is C14H20O. The normalized spacial score (nSPS) is 10.3. The van der Waals surface area contributed by atoms with Gasteiger partial charge in [0, 0.05) is 5.56 Å². The lowest BCUT2D eigenvalue weighted by Crippen LogP contribution is -1.99. The third-order valence-electron chi connectivity index (χ3n) is 2.70. The van der Waals surface area contributed by atoms with E-state index in [4.69, 9.17) is 0 Å². The predicted octanol–water partition coefficient (Wildman–Crippen LogP) is 4.01. The number of unbranched alkanes of at least 4 members (excludes halogenated alkanes) is 3. The average molecular weight is 204 g/mol. The summed E-state index contributed by atoms with van der Waals surface area (Å²) in [5, 5.41) is 0. The van der Waals surface area contributed by atoms with Gasteiger partial charge in [-0.1, -0.05) is 50.5 Å². The summed E-state index contributed by atoms with van der Waals surface area (Å²) in [4.78, 5) is 11.4. The van der Waals surface area contributed by atoms with Gasteiger partial charge in [-0.05, 0) is 25.3 Å². The van der Waals surface area contributed by atoms with Crippen molar-refractivity contribution in [1.29, 1.82) is 0 Å². The van der Waals surface area contributed by atoms with Crippen molar-refractivity contribution in [3.8, 4) is 0 Å². The molecule has 1 aromatic carbocycles. The van der Waals surface area contributed by atoms with E-state index >= 15 is 0 Å². The molecule has 1 nitrogen and oxygen atoms in total. The van der Waals surface area contributed by atoms with E-state index in [9.17, 15) is 4.79 Å². The molecule has 0 saturated heterocycles. The van der Waals surface area contributed by atoms with Crippen molar-refractivity contribution in [2.75, 3.05) is 0 Å². The van der Waals surface area contributed by atoms with Crippen LogP contribution in [0.3, 0.4) is 0 Å². The molecule has 1 rings (SSSR count). The topological polar surface area (TPSA) is 17.1 Å². The minimum Gasteiger partial charge on any atom is -0.295 e. The molecule has 0 aromatic heterocycles. The quantitative estimate of drug-likeness (QED) is 0.505. The largest absolute Gasteiger partial charge is 0.295 e. The van der Waals surface area contributed by atoms with Crippen LogP contribution in [0.2, 0.25) is 0 Å². The van der Waals surface area contributed by atoms with E-state index in [1.807, 2.05) is 18.2 Å². The molecule has 0 atom stereocenters. The molecular weight excluding hydrogens is 184 g/mol. The number of benzene rings is 1. The Morgan fingerprint density at radius 3 is 2.53 bits per heavy atom. The van der Waals surface area contributed by atoms with Crippen LogP contribution in [0, 0.1) is 0 Å². The van der Waals surface area contributed by atoms with Gasteiger partial charge in [-0.2, -0.15) is 0 Å². The second-order valence-electron chi connectivity index (χ2n) is 4.02. The summed E-state index contributed by atoms with van der Waals surface area (Å²) >= 11 is 0. The van der Waals surface area contributed by atoms with Gasteiger partial charge in [-0.3, -0.25) is 4.79 Å². The number of carbonyl (C=O) groups is 1. The summed E-state index contributed by atoms with van der Waals surface area (Å²) in [5.74, 6) is 0.182. The van der Waals surface area contributed by atoms with E-state index in [-0.39, 0.29) is 5.78 Å². The lowest BCUT2D eigenvalue weighted by atomic mass is 9.99. The van der Waals surface area contributed by atoms with Crippen molar-refractivity contribution in [3.05, 3.63) is 35.4 Å². The Hall–Kier alpha value is -1.11. The molecule has 0 bridgehead atoms. The molecule has 82 valence electrons. The molecule has 0 aliphatic carbocycles. The Balaban J connectivity index is 2.56. The van der Waals surface area contributed by atoms with Crippen LogP contribution in [0.5, 0.6) is 0 Å². The standard InChI is InChI=1S/C14H20O/c1-3-4-5-6-9-13-10-7-8-11-14(13)12(2)15/h7-8,10-11H,3-6,9H2,1-2H3. The highest BCUT2D eigenvalue weighted by atomic mass is 16.1. The number of Topliss-reactive ketones (excluding diaryl/α,β-unsaturated/α-hetero) is 1. The van der Waals surface area contributed by atoms with E-state index in [0.29, 0.717) is 0 Å². The SMILES string of the molecule is CCCCCCc1ccccc1C(C)=O. The van der Waals surface area contributed by atoms with E-state index in [1.54, 1.807) is 6.92 Å². The Morgan fingerprint density at radius 2 is 1.87 bits per heavy atom. The molecule has 0 fully saturated rings. The highest BCUT2D eigenvalue weighted by molar-refractivity contribution is 5.95. The molecule has 0 unspecified atom stereocenters. The van der Waals surface area contributed by atoms with Gasteiger partial charge >= 0.3 is 0 Å². The van der Waals surface area contributed by atoms with Gasteiger partial charge < -0.3 is 0 Å². The zero-order valence-corrected chi connectivity index (χ0v) is 9.75. The van der Waals surface area contributed by atoms with Crippen LogP contribution < -0.4 is 0 Å². The lowest BCUT2D eigenvalue weighted by Gasteiger charge is -2.06. The third kappa shape index (κ3) is 3.86. The first-order valence-electron chi connectivity index (χ1n) is 5.84. The first-order chi connectivity index (χ1) is 7.25. The Kier molecular flexibility index (Phi) is 5.09.